The first-order chi connectivity index (χ1) is 14.2. The number of rotatable bonds is 9. The first kappa shape index (κ1) is 21.4. The Balaban J connectivity index is 1.55. The number of carbonyl (C=O) groups excluding carboxylic acids is 1. The van der Waals surface area contributed by atoms with Crippen LogP contribution in [0.5, 0.6) is 0 Å². The molecule has 29 heavy (non-hydrogen) atoms. The van der Waals surface area contributed by atoms with Gasteiger partial charge < -0.3 is 15.0 Å². The molecule has 0 aliphatic carbocycles. The van der Waals surface area contributed by atoms with Crippen LogP contribution in [-0.4, -0.2) is 32.2 Å². The van der Waals surface area contributed by atoms with Crippen molar-refractivity contribution in [1.29, 1.82) is 0 Å². The number of halogens is 1. The van der Waals surface area contributed by atoms with Gasteiger partial charge in [-0.3, -0.25) is 0 Å². The Kier molecular flexibility index (Phi) is 8.14. The Morgan fingerprint density at radius 1 is 1.14 bits per heavy atom. The van der Waals surface area contributed by atoms with E-state index in [1.54, 1.807) is 0 Å². The van der Waals surface area contributed by atoms with Crippen LogP contribution in [0.15, 0.2) is 54.6 Å². The van der Waals surface area contributed by atoms with E-state index in [1.165, 1.54) is 28.6 Å². The molecule has 0 saturated heterocycles. The van der Waals surface area contributed by atoms with Gasteiger partial charge in [0, 0.05) is 29.0 Å². The summed E-state index contributed by atoms with van der Waals surface area (Å²) in [5.74, 6) is -0.273. The van der Waals surface area contributed by atoms with Gasteiger partial charge in [0.05, 0.1) is 6.61 Å². The molecule has 0 fully saturated rings. The van der Waals surface area contributed by atoms with E-state index < -0.39 is 0 Å². The summed E-state index contributed by atoms with van der Waals surface area (Å²) in [5.41, 5.74) is 5.24. The third-order valence-electron chi connectivity index (χ3n) is 5.05. The van der Waals surface area contributed by atoms with Crippen molar-refractivity contribution in [3.05, 3.63) is 70.8 Å². The molecular weight excluding hydrogens is 384 g/mol. The van der Waals surface area contributed by atoms with Crippen molar-refractivity contribution in [2.45, 2.75) is 32.6 Å². The third-order valence-corrected chi connectivity index (χ3v) is 5.28. The van der Waals surface area contributed by atoms with E-state index in [0.29, 0.717) is 6.61 Å². The number of hydrogen-bond acceptors (Lipinski definition) is 4. The van der Waals surface area contributed by atoms with Gasteiger partial charge >= 0.3 is 5.97 Å². The lowest BCUT2D eigenvalue weighted by Crippen LogP contribution is -2.24. The summed E-state index contributed by atoms with van der Waals surface area (Å²) in [7, 11) is 0. The van der Waals surface area contributed by atoms with E-state index in [4.69, 9.17) is 16.3 Å². The zero-order chi connectivity index (χ0) is 20.5. The number of ether oxygens (including phenoxy) is 1. The van der Waals surface area contributed by atoms with E-state index in [2.05, 4.69) is 46.6 Å². The third kappa shape index (κ3) is 6.09. The highest BCUT2D eigenvalue weighted by molar-refractivity contribution is 6.30. The normalized spacial score (nSPS) is 13.1. The number of hydrogen-bond donors (Lipinski definition) is 1. The second-order valence-electron chi connectivity index (χ2n) is 7.10. The van der Waals surface area contributed by atoms with Crippen LogP contribution < -0.4 is 10.2 Å². The molecule has 1 aliphatic heterocycles. The largest absolute Gasteiger partial charge is 0.463 e. The van der Waals surface area contributed by atoms with Gasteiger partial charge in [0.15, 0.2) is 0 Å². The van der Waals surface area contributed by atoms with Gasteiger partial charge in [-0.05, 0) is 75.0 Å². The van der Waals surface area contributed by atoms with Crippen LogP contribution in [0.3, 0.4) is 0 Å². The number of fused-ring (bicyclic) bond motifs is 2. The molecule has 0 aromatic heterocycles. The minimum atomic E-state index is -0.273. The molecule has 0 bridgehead atoms. The number of aryl methyl sites for hydroxylation is 2. The first-order valence-corrected chi connectivity index (χ1v) is 10.7. The van der Waals surface area contributed by atoms with Crippen molar-refractivity contribution in [3.8, 4) is 0 Å². The Morgan fingerprint density at radius 2 is 1.93 bits per heavy atom. The van der Waals surface area contributed by atoms with Crippen molar-refractivity contribution in [1.82, 2.24) is 5.32 Å². The van der Waals surface area contributed by atoms with Crippen LogP contribution >= 0.6 is 11.6 Å². The van der Waals surface area contributed by atoms with Crippen LogP contribution in [-0.2, 0) is 22.4 Å². The van der Waals surface area contributed by atoms with E-state index in [-0.39, 0.29) is 5.97 Å². The van der Waals surface area contributed by atoms with Crippen molar-refractivity contribution in [2.24, 2.45) is 0 Å². The maximum Gasteiger partial charge on any atom is 0.330 e. The second kappa shape index (κ2) is 11.0. The SMILES string of the molecule is CCOC(=O)/C=C/CCNCCCN1c2ccccc2CCc2ccc(Cl)cc21. The molecule has 0 atom stereocenters. The number of nitrogens with zero attached hydrogens (tertiary/aromatic N) is 1. The molecular formula is C24H29ClN2O2. The maximum atomic E-state index is 11.3. The molecule has 4 nitrogen and oxygen atoms in total. The Hall–Kier alpha value is -2.30. The van der Waals surface area contributed by atoms with E-state index in [0.717, 1.165) is 50.3 Å². The fourth-order valence-electron chi connectivity index (χ4n) is 3.67. The van der Waals surface area contributed by atoms with Gasteiger partial charge in [0.1, 0.15) is 0 Å². The number of para-hydroxylation sites is 1. The lowest BCUT2D eigenvalue weighted by Gasteiger charge is -2.27. The molecule has 2 aromatic carbocycles. The van der Waals surface area contributed by atoms with Crippen molar-refractivity contribution < 1.29 is 9.53 Å². The second-order valence-corrected chi connectivity index (χ2v) is 7.54. The van der Waals surface area contributed by atoms with Gasteiger partial charge in [-0.15, -0.1) is 0 Å². The summed E-state index contributed by atoms with van der Waals surface area (Å²) in [5, 5.41) is 4.23. The zero-order valence-electron chi connectivity index (χ0n) is 17.0. The lowest BCUT2D eigenvalue weighted by molar-refractivity contribution is -0.137. The summed E-state index contributed by atoms with van der Waals surface area (Å²) in [4.78, 5) is 13.7. The van der Waals surface area contributed by atoms with Crippen LogP contribution in [0.4, 0.5) is 11.4 Å². The average molecular weight is 413 g/mol. The molecule has 1 aliphatic rings. The monoisotopic (exact) mass is 412 g/mol. The van der Waals surface area contributed by atoms with Crippen LogP contribution in [0, 0.1) is 0 Å². The van der Waals surface area contributed by atoms with Gasteiger partial charge in [0.25, 0.3) is 0 Å². The Morgan fingerprint density at radius 3 is 2.76 bits per heavy atom. The van der Waals surface area contributed by atoms with Gasteiger partial charge in [-0.25, -0.2) is 4.79 Å². The Bertz CT molecular complexity index is 851. The predicted molar refractivity (Wildman–Crippen MR) is 120 cm³/mol. The van der Waals surface area contributed by atoms with E-state index >= 15 is 0 Å². The summed E-state index contributed by atoms with van der Waals surface area (Å²) in [6, 6.07) is 14.9. The highest BCUT2D eigenvalue weighted by Gasteiger charge is 2.20. The van der Waals surface area contributed by atoms with Crippen molar-refractivity contribution in [3.63, 3.8) is 0 Å². The molecule has 2 aromatic rings. The predicted octanol–water partition coefficient (Wildman–Crippen LogP) is 5.07. The minimum Gasteiger partial charge on any atom is -0.463 e. The lowest BCUT2D eigenvalue weighted by atomic mass is 10.0. The van der Waals surface area contributed by atoms with E-state index in [9.17, 15) is 4.79 Å². The topological polar surface area (TPSA) is 41.6 Å². The van der Waals surface area contributed by atoms with E-state index in [1.807, 2.05) is 19.1 Å². The number of anilines is 2. The van der Waals surface area contributed by atoms with Crippen LogP contribution in [0.25, 0.3) is 0 Å². The summed E-state index contributed by atoms with van der Waals surface area (Å²) in [6.45, 7) is 4.91. The fraction of sp³-hybridized carbons (Fsp3) is 0.375. The van der Waals surface area contributed by atoms with Gasteiger partial charge in [-0.1, -0.05) is 41.9 Å². The fourth-order valence-corrected chi connectivity index (χ4v) is 3.83. The minimum absolute atomic E-state index is 0.273. The molecule has 0 amide bonds. The molecule has 5 heteroatoms. The smallest absolute Gasteiger partial charge is 0.330 e. The van der Waals surface area contributed by atoms with Crippen LogP contribution in [0.1, 0.15) is 30.9 Å². The molecule has 1 heterocycles. The average Bonchev–Trinajstić information content (AvgIpc) is 2.87. The molecule has 0 spiro atoms. The first-order valence-electron chi connectivity index (χ1n) is 10.4. The van der Waals surface area contributed by atoms with Gasteiger partial charge in [0.2, 0.25) is 0 Å². The van der Waals surface area contributed by atoms with Crippen molar-refractivity contribution >= 4 is 28.9 Å². The number of carbonyl (C=O) groups is 1. The number of esters is 1. The highest BCUT2D eigenvalue weighted by atomic mass is 35.5. The zero-order valence-corrected chi connectivity index (χ0v) is 17.8. The van der Waals surface area contributed by atoms with Crippen molar-refractivity contribution in [2.75, 3.05) is 31.1 Å². The molecule has 0 saturated carbocycles. The van der Waals surface area contributed by atoms with Crippen LogP contribution in [0.2, 0.25) is 5.02 Å². The molecule has 0 unspecified atom stereocenters. The quantitative estimate of drug-likeness (QED) is 0.355. The van der Waals surface area contributed by atoms with Gasteiger partial charge in [-0.2, -0.15) is 0 Å². The Labute approximate surface area is 178 Å². The molecule has 0 radical (unpaired) electrons. The summed E-state index contributed by atoms with van der Waals surface area (Å²) in [6.07, 6.45) is 7.26. The summed E-state index contributed by atoms with van der Waals surface area (Å²) < 4.78 is 4.87. The number of benzene rings is 2. The standard InChI is InChI=1S/C24H29ClN2O2/c1-2-29-24(28)10-5-6-15-26-16-7-17-27-22-9-4-3-8-19(22)11-12-20-13-14-21(25)18-23(20)27/h3-5,8-10,13-14,18,26H,2,6-7,11-12,15-17H2,1H3/b10-5+. The highest BCUT2D eigenvalue weighted by Crippen LogP contribution is 2.37. The maximum absolute atomic E-state index is 11.3. The summed E-state index contributed by atoms with van der Waals surface area (Å²) >= 11 is 6.32. The number of nitrogens with one attached hydrogen (secondary N) is 1. The molecule has 1 N–H and O–H groups in total. The molecule has 154 valence electrons. The molecule has 3 rings (SSSR count).